The Morgan fingerprint density at radius 1 is 1.07 bits per heavy atom. The first kappa shape index (κ1) is 19.7. The van der Waals surface area contributed by atoms with Gasteiger partial charge in [-0.25, -0.2) is 4.98 Å². The molecule has 2 aromatic heterocycles. The van der Waals surface area contributed by atoms with Crippen LogP contribution in [0.3, 0.4) is 0 Å². The Kier molecular flexibility index (Phi) is 5.46. The van der Waals surface area contributed by atoms with Crippen LogP contribution in [0.25, 0.3) is 33.1 Å². The van der Waals surface area contributed by atoms with Gasteiger partial charge in [-0.15, -0.1) is 0 Å². The predicted molar refractivity (Wildman–Crippen MR) is 120 cm³/mol. The molecule has 1 amide bonds. The standard InChI is InChI=1S/C22H20Cl2N4O/c1-28(2)10-9-25-22(29)19-12-15-14-5-3-4-6-18(14)26-21(15)20(27-19)13-7-8-16(23)17(24)11-13/h3-8,11-12,26H,9-10H2,1-2H3,(H,25,29). The first-order valence-corrected chi connectivity index (χ1v) is 9.99. The highest BCUT2D eigenvalue weighted by Crippen LogP contribution is 2.35. The normalized spacial score (nSPS) is 11.5. The van der Waals surface area contributed by atoms with Crippen LogP contribution in [-0.2, 0) is 0 Å². The molecule has 0 fully saturated rings. The van der Waals surface area contributed by atoms with Crippen molar-refractivity contribution < 1.29 is 4.79 Å². The molecule has 4 rings (SSSR count). The van der Waals surface area contributed by atoms with Crippen LogP contribution >= 0.6 is 23.2 Å². The van der Waals surface area contributed by atoms with Crippen molar-refractivity contribution in [3.63, 3.8) is 0 Å². The van der Waals surface area contributed by atoms with E-state index in [0.29, 0.717) is 28.0 Å². The van der Waals surface area contributed by atoms with Crippen LogP contribution < -0.4 is 5.32 Å². The molecule has 0 radical (unpaired) electrons. The molecule has 148 valence electrons. The van der Waals surface area contributed by atoms with E-state index in [0.717, 1.165) is 33.9 Å². The lowest BCUT2D eigenvalue weighted by molar-refractivity contribution is 0.0946. The number of para-hydroxylation sites is 1. The summed E-state index contributed by atoms with van der Waals surface area (Å²) in [6.45, 7) is 1.29. The molecule has 29 heavy (non-hydrogen) atoms. The first-order chi connectivity index (χ1) is 13.9. The summed E-state index contributed by atoms with van der Waals surface area (Å²) in [6, 6.07) is 15.2. The summed E-state index contributed by atoms with van der Waals surface area (Å²) in [5, 5.41) is 5.82. The van der Waals surface area contributed by atoms with Gasteiger partial charge in [0.05, 0.1) is 21.3 Å². The molecule has 0 bridgehead atoms. The van der Waals surface area contributed by atoms with Crippen molar-refractivity contribution in [3.8, 4) is 11.3 Å². The Bertz CT molecular complexity index is 1220. The third-order valence-electron chi connectivity index (χ3n) is 4.77. The molecular formula is C22H20Cl2N4O. The third kappa shape index (κ3) is 3.94. The van der Waals surface area contributed by atoms with Crippen LogP contribution in [0.4, 0.5) is 0 Å². The molecule has 4 aromatic rings. The van der Waals surface area contributed by atoms with Gasteiger partial charge in [0.25, 0.3) is 5.91 Å². The molecule has 0 saturated heterocycles. The highest BCUT2D eigenvalue weighted by atomic mass is 35.5. The minimum Gasteiger partial charge on any atom is -0.353 e. The Morgan fingerprint density at radius 2 is 1.86 bits per heavy atom. The van der Waals surface area contributed by atoms with Gasteiger partial charge in [0.2, 0.25) is 0 Å². The van der Waals surface area contributed by atoms with E-state index in [1.807, 2.05) is 55.4 Å². The zero-order valence-electron chi connectivity index (χ0n) is 16.1. The summed E-state index contributed by atoms with van der Waals surface area (Å²) in [7, 11) is 3.93. The number of H-pyrrole nitrogens is 1. The lowest BCUT2D eigenvalue weighted by Crippen LogP contribution is -2.31. The van der Waals surface area contributed by atoms with Gasteiger partial charge in [-0.05, 0) is 38.4 Å². The van der Waals surface area contributed by atoms with Crippen LogP contribution in [0.15, 0.2) is 48.5 Å². The average molecular weight is 427 g/mol. The summed E-state index contributed by atoms with van der Waals surface area (Å²) < 4.78 is 0. The zero-order chi connectivity index (χ0) is 20.5. The molecule has 2 N–H and O–H groups in total. The molecular weight excluding hydrogens is 407 g/mol. The second-order valence-corrected chi connectivity index (χ2v) is 7.95. The maximum atomic E-state index is 12.8. The van der Waals surface area contributed by atoms with E-state index in [9.17, 15) is 4.79 Å². The second kappa shape index (κ2) is 8.03. The quantitative estimate of drug-likeness (QED) is 0.472. The average Bonchev–Trinajstić information content (AvgIpc) is 3.07. The van der Waals surface area contributed by atoms with Gasteiger partial charge < -0.3 is 15.2 Å². The number of carbonyl (C=O) groups is 1. The van der Waals surface area contributed by atoms with Crippen LogP contribution in [-0.4, -0.2) is 48.0 Å². The SMILES string of the molecule is CN(C)CCNC(=O)c1cc2c([nH]c3ccccc32)c(-c2ccc(Cl)c(Cl)c2)n1. The molecule has 7 heteroatoms. The van der Waals surface area contributed by atoms with Gasteiger partial charge in [0, 0.05) is 34.9 Å². The number of hydrogen-bond donors (Lipinski definition) is 2. The van der Waals surface area contributed by atoms with Gasteiger partial charge in [0.15, 0.2) is 0 Å². The van der Waals surface area contributed by atoms with Crippen molar-refractivity contribution in [3.05, 3.63) is 64.3 Å². The molecule has 2 aromatic carbocycles. The summed E-state index contributed by atoms with van der Waals surface area (Å²) in [4.78, 5) is 22.9. The van der Waals surface area contributed by atoms with Crippen molar-refractivity contribution in [2.24, 2.45) is 0 Å². The Balaban J connectivity index is 1.88. The third-order valence-corrected chi connectivity index (χ3v) is 5.51. The molecule has 0 aliphatic rings. The van der Waals surface area contributed by atoms with Gasteiger partial charge in [-0.2, -0.15) is 0 Å². The van der Waals surface area contributed by atoms with E-state index in [1.165, 1.54) is 0 Å². The lowest BCUT2D eigenvalue weighted by Gasteiger charge is -2.11. The van der Waals surface area contributed by atoms with Crippen LogP contribution in [0.5, 0.6) is 0 Å². The topological polar surface area (TPSA) is 61.0 Å². The van der Waals surface area contributed by atoms with Crippen LogP contribution in [0.2, 0.25) is 10.0 Å². The minimum atomic E-state index is -0.208. The fraction of sp³-hybridized carbons (Fsp3) is 0.182. The molecule has 0 aliphatic carbocycles. The number of nitrogens with zero attached hydrogens (tertiary/aromatic N) is 2. The van der Waals surface area contributed by atoms with Crippen molar-refractivity contribution in [2.75, 3.05) is 27.2 Å². The largest absolute Gasteiger partial charge is 0.353 e. The Hall–Kier alpha value is -2.60. The van der Waals surface area contributed by atoms with E-state index in [4.69, 9.17) is 23.2 Å². The molecule has 0 saturated carbocycles. The lowest BCUT2D eigenvalue weighted by atomic mass is 10.1. The number of pyridine rings is 1. The van der Waals surface area contributed by atoms with Gasteiger partial charge >= 0.3 is 0 Å². The Morgan fingerprint density at radius 3 is 2.62 bits per heavy atom. The van der Waals surface area contributed by atoms with Gasteiger partial charge in [0.1, 0.15) is 5.69 Å². The molecule has 0 atom stereocenters. The van der Waals surface area contributed by atoms with Gasteiger partial charge in [-0.3, -0.25) is 4.79 Å². The van der Waals surface area contributed by atoms with E-state index in [1.54, 1.807) is 12.1 Å². The molecule has 0 aliphatic heterocycles. The summed E-state index contributed by atoms with van der Waals surface area (Å²) in [5.74, 6) is -0.208. The first-order valence-electron chi connectivity index (χ1n) is 9.24. The number of amides is 1. The fourth-order valence-electron chi connectivity index (χ4n) is 3.30. The van der Waals surface area contributed by atoms with Crippen molar-refractivity contribution in [1.82, 2.24) is 20.2 Å². The number of fused-ring (bicyclic) bond motifs is 3. The number of carbonyl (C=O) groups excluding carboxylic acids is 1. The molecule has 5 nitrogen and oxygen atoms in total. The van der Waals surface area contributed by atoms with Crippen molar-refractivity contribution in [2.45, 2.75) is 0 Å². The number of aromatic nitrogens is 2. The van der Waals surface area contributed by atoms with Crippen LogP contribution in [0, 0.1) is 0 Å². The Labute approximate surface area is 178 Å². The predicted octanol–water partition coefficient (Wildman–Crippen LogP) is 4.98. The monoisotopic (exact) mass is 426 g/mol. The van der Waals surface area contributed by atoms with E-state index < -0.39 is 0 Å². The second-order valence-electron chi connectivity index (χ2n) is 7.14. The number of nitrogens with one attached hydrogen (secondary N) is 2. The molecule has 0 spiro atoms. The number of rotatable bonds is 5. The highest BCUT2D eigenvalue weighted by molar-refractivity contribution is 6.42. The van der Waals surface area contributed by atoms with E-state index in [-0.39, 0.29) is 5.91 Å². The van der Waals surface area contributed by atoms with Crippen LogP contribution in [0.1, 0.15) is 10.5 Å². The number of aromatic amines is 1. The molecule has 2 heterocycles. The van der Waals surface area contributed by atoms with Crippen molar-refractivity contribution in [1.29, 1.82) is 0 Å². The van der Waals surface area contributed by atoms with Gasteiger partial charge in [-0.1, -0.05) is 47.5 Å². The number of likely N-dealkylation sites (N-methyl/N-ethyl adjacent to an activating group) is 1. The zero-order valence-corrected chi connectivity index (χ0v) is 17.6. The summed E-state index contributed by atoms with van der Waals surface area (Å²) in [6.07, 6.45) is 0. The maximum Gasteiger partial charge on any atom is 0.269 e. The number of benzene rings is 2. The summed E-state index contributed by atoms with van der Waals surface area (Å²) >= 11 is 12.3. The van der Waals surface area contributed by atoms with E-state index >= 15 is 0 Å². The number of halogens is 2. The molecule has 0 unspecified atom stereocenters. The number of hydrogen-bond acceptors (Lipinski definition) is 3. The summed E-state index contributed by atoms with van der Waals surface area (Å²) in [5.41, 5.74) is 3.65. The van der Waals surface area contributed by atoms with Crippen molar-refractivity contribution >= 4 is 50.9 Å². The highest BCUT2D eigenvalue weighted by Gasteiger charge is 2.17. The maximum absolute atomic E-state index is 12.8. The van der Waals surface area contributed by atoms with E-state index in [2.05, 4.69) is 15.3 Å². The smallest absolute Gasteiger partial charge is 0.269 e. The minimum absolute atomic E-state index is 0.208. The fourth-order valence-corrected chi connectivity index (χ4v) is 3.60.